The minimum absolute atomic E-state index is 0.00801. The minimum atomic E-state index is -0.00801. The molecule has 0 saturated heterocycles. The van der Waals surface area contributed by atoms with Gasteiger partial charge in [0.25, 0.3) is 5.91 Å². The normalized spacial score (nSPS) is 13.9. The Morgan fingerprint density at radius 1 is 1.27 bits per heavy atom. The molecule has 0 atom stereocenters. The summed E-state index contributed by atoms with van der Waals surface area (Å²) in [4.78, 5) is 26.0. The van der Waals surface area contributed by atoms with Crippen LogP contribution in [0, 0.1) is 0 Å². The molecule has 7 nitrogen and oxygen atoms in total. The Morgan fingerprint density at radius 2 is 2.18 bits per heavy atom. The molecule has 3 aromatic rings. The van der Waals surface area contributed by atoms with Gasteiger partial charge in [0, 0.05) is 13.0 Å². The van der Waals surface area contributed by atoms with Gasteiger partial charge < -0.3 is 9.88 Å². The first-order valence-corrected chi connectivity index (χ1v) is 7.07. The lowest BCUT2D eigenvalue weighted by Gasteiger charge is -2.27. The Kier molecular flexibility index (Phi) is 2.96. The Morgan fingerprint density at radius 3 is 3.05 bits per heavy atom. The Labute approximate surface area is 126 Å². The van der Waals surface area contributed by atoms with Crippen LogP contribution in [0.3, 0.4) is 0 Å². The third-order valence-corrected chi connectivity index (χ3v) is 3.86. The monoisotopic (exact) mass is 294 g/mol. The molecule has 0 spiro atoms. The van der Waals surface area contributed by atoms with Gasteiger partial charge >= 0.3 is 0 Å². The van der Waals surface area contributed by atoms with Crippen molar-refractivity contribution in [1.29, 1.82) is 0 Å². The van der Waals surface area contributed by atoms with Crippen LogP contribution in [0.2, 0.25) is 0 Å². The zero-order valence-corrected chi connectivity index (χ0v) is 11.8. The van der Waals surface area contributed by atoms with Crippen molar-refractivity contribution in [2.75, 3.05) is 6.54 Å². The van der Waals surface area contributed by atoms with Crippen LogP contribution in [0.25, 0.3) is 5.69 Å². The number of carbonyl (C=O) groups excluding carboxylic acids is 1. The van der Waals surface area contributed by atoms with Crippen LogP contribution >= 0.6 is 0 Å². The third kappa shape index (κ3) is 2.07. The Hall–Kier alpha value is -2.96. The summed E-state index contributed by atoms with van der Waals surface area (Å²) in [5.41, 5.74) is 3.42. The van der Waals surface area contributed by atoms with Crippen LogP contribution in [0.15, 0.2) is 43.2 Å². The van der Waals surface area contributed by atoms with Crippen molar-refractivity contribution in [3.05, 3.63) is 60.2 Å². The highest BCUT2D eigenvalue weighted by atomic mass is 16.2. The van der Waals surface area contributed by atoms with Crippen LogP contribution in [0.1, 0.15) is 21.7 Å². The molecule has 0 aliphatic carbocycles. The van der Waals surface area contributed by atoms with E-state index >= 15 is 0 Å². The van der Waals surface area contributed by atoms with E-state index in [1.807, 2.05) is 29.2 Å². The SMILES string of the molecule is O=C(c1ccccc1-n1cncn1)N1CCc2nc[nH]c2C1. The molecule has 1 aliphatic rings. The van der Waals surface area contributed by atoms with Gasteiger partial charge in [0.15, 0.2) is 0 Å². The summed E-state index contributed by atoms with van der Waals surface area (Å²) in [7, 11) is 0. The average Bonchev–Trinajstić information content (AvgIpc) is 3.24. The van der Waals surface area contributed by atoms with E-state index in [0.29, 0.717) is 18.7 Å². The highest BCUT2D eigenvalue weighted by Crippen LogP contribution is 2.20. The van der Waals surface area contributed by atoms with Gasteiger partial charge in [-0.25, -0.2) is 14.6 Å². The average molecular weight is 294 g/mol. The van der Waals surface area contributed by atoms with Crippen LogP contribution in [0.4, 0.5) is 0 Å². The molecular weight excluding hydrogens is 280 g/mol. The van der Waals surface area contributed by atoms with E-state index in [2.05, 4.69) is 20.1 Å². The van der Waals surface area contributed by atoms with Gasteiger partial charge in [0.05, 0.1) is 35.5 Å². The molecule has 22 heavy (non-hydrogen) atoms. The Balaban J connectivity index is 1.67. The van der Waals surface area contributed by atoms with Gasteiger partial charge in [-0.15, -0.1) is 0 Å². The number of aromatic amines is 1. The number of nitrogens with one attached hydrogen (secondary N) is 1. The van der Waals surface area contributed by atoms with E-state index < -0.39 is 0 Å². The summed E-state index contributed by atoms with van der Waals surface area (Å²) in [6.07, 6.45) is 5.51. The first-order valence-electron chi connectivity index (χ1n) is 7.07. The second kappa shape index (κ2) is 5.10. The van der Waals surface area contributed by atoms with Crippen LogP contribution in [-0.4, -0.2) is 42.1 Å². The number of fused-ring (bicyclic) bond motifs is 1. The standard InChI is InChI=1S/C15H14N6O/c22-15(20-6-5-12-13(7-20)18-9-17-12)11-3-1-2-4-14(11)21-10-16-8-19-21/h1-4,8-10H,5-7H2,(H,17,18). The largest absolute Gasteiger partial charge is 0.347 e. The number of rotatable bonds is 2. The highest BCUT2D eigenvalue weighted by molar-refractivity contribution is 5.97. The smallest absolute Gasteiger partial charge is 0.256 e. The van der Waals surface area contributed by atoms with Crippen molar-refractivity contribution in [1.82, 2.24) is 29.6 Å². The molecule has 3 heterocycles. The van der Waals surface area contributed by atoms with E-state index in [1.54, 1.807) is 17.3 Å². The molecule has 1 N–H and O–H groups in total. The second-order valence-electron chi connectivity index (χ2n) is 5.16. The molecule has 0 bridgehead atoms. The van der Waals surface area contributed by atoms with Gasteiger partial charge in [-0.1, -0.05) is 12.1 Å². The lowest BCUT2D eigenvalue weighted by molar-refractivity contribution is 0.0732. The van der Waals surface area contributed by atoms with Gasteiger partial charge in [0.1, 0.15) is 12.7 Å². The molecule has 0 radical (unpaired) electrons. The predicted octanol–water partition coefficient (Wildman–Crippen LogP) is 1.19. The van der Waals surface area contributed by atoms with Crippen LogP contribution in [0.5, 0.6) is 0 Å². The summed E-state index contributed by atoms with van der Waals surface area (Å²) in [5.74, 6) is -0.00801. The quantitative estimate of drug-likeness (QED) is 0.770. The van der Waals surface area contributed by atoms with Crippen LogP contribution in [-0.2, 0) is 13.0 Å². The predicted molar refractivity (Wildman–Crippen MR) is 78.4 cm³/mol. The van der Waals surface area contributed by atoms with Gasteiger partial charge in [-0.3, -0.25) is 4.79 Å². The number of hydrogen-bond donors (Lipinski definition) is 1. The molecule has 7 heteroatoms. The number of para-hydroxylation sites is 1. The van der Waals surface area contributed by atoms with E-state index in [9.17, 15) is 4.79 Å². The molecule has 110 valence electrons. The summed E-state index contributed by atoms with van der Waals surface area (Å²) in [6, 6.07) is 7.44. The zero-order chi connectivity index (χ0) is 14.9. The van der Waals surface area contributed by atoms with E-state index in [4.69, 9.17) is 0 Å². The maximum Gasteiger partial charge on any atom is 0.256 e. The topological polar surface area (TPSA) is 79.7 Å². The van der Waals surface area contributed by atoms with E-state index in [-0.39, 0.29) is 5.91 Å². The zero-order valence-electron chi connectivity index (χ0n) is 11.8. The summed E-state index contributed by atoms with van der Waals surface area (Å²) < 4.78 is 1.61. The summed E-state index contributed by atoms with van der Waals surface area (Å²) >= 11 is 0. The number of hydrogen-bond acceptors (Lipinski definition) is 4. The maximum atomic E-state index is 12.9. The van der Waals surface area contributed by atoms with Crippen molar-refractivity contribution in [3.63, 3.8) is 0 Å². The van der Waals surface area contributed by atoms with Gasteiger partial charge in [-0.05, 0) is 12.1 Å². The van der Waals surface area contributed by atoms with Gasteiger partial charge in [-0.2, -0.15) is 5.10 Å². The lowest BCUT2D eigenvalue weighted by atomic mass is 10.1. The number of carbonyl (C=O) groups is 1. The van der Waals surface area contributed by atoms with Crippen molar-refractivity contribution in [3.8, 4) is 5.69 Å². The van der Waals surface area contributed by atoms with Gasteiger partial charge in [0.2, 0.25) is 0 Å². The molecule has 1 amide bonds. The number of imidazole rings is 1. The summed E-state index contributed by atoms with van der Waals surface area (Å²) in [5, 5.41) is 4.12. The molecule has 1 aliphatic heterocycles. The molecule has 0 saturated carbocycles. The fraction of sp³-hybridized carbons (Fsp3) is 0.200. The lowest BCUT2D eigenvalue weighted by Crippen LogP contribution is -2.36. The number of aromatic nitrogens is 5. The fourth-order valence-corrected chi connectivity index (χ4v) is 2.74. The minimum Gasteiger partial charge on any atom is -0.347 e. The number of benzene rings is 1. The summed E-state index contributed by atoms with van der Waals surface area (Å²) in [6.45, 7) is 1.22. The van der Waals surface area contributed by atoms with Crippen molar-refractivity contribution in [2.45, 2.75) is 13.0 Å². The molecular formula is C15H14N6O. The first kappa shape index (κ1) is 12.8. The first-order chi connectivity index (χ1) is 10.8. The van der Waals surface area contributed by atoms with Crippen molar-refractivity contribution < 1.29 is 4.79 Å². The molecule has 2 aromatic heterocycles. The highest BCUT2D eigenvalue weighted by Gasteiger charge is 2.25. The molecule has 0 unspecified atom stereocenters. The molecule has 4 rings (SSSR count). The number of amides is 1. The van der Waals surface area contributed by atoms with E-state index in [1.165, 1.54) is 6.33 Å². The van der Waals surface area contributed by atoms with Crippen molar-refractivity contribution in [2.24, 2.45) is 0 Å². The fourth-order valence-electron chi connectivity index (χ4n) is 2.74. The number of nitrogens with zero attached hydrogens (tertiary/aromatic N) is 5. The van der Waals surface area contributed by atoms with E-state index in [0.717, 1.165) is 23.5 Å². The van der Waals surface area contributed by atoms with Crippen LogP contribution < -0.4 is 0 Å². The molecule has 1 aromatic carbocycles. The maximum absolute atomic E-state index is 12.9. The third-order valence-electron chi connectivity index (χ3n) is 3.86. The second-order valence-corrected chi connectivity index (χ2v) is 5.16. The number of H-pyrrole nitrogens is 1. The molecule has 0 fully saturated rings. The van der Waals surface area contributed by atoms with Crippen molar-refractivity contribution >= 4 is 5.91 Å². The Bertz CT molecular complexity index is 807.